The second-order valence-corrected chi connectivity index (χ2v) is 4.54. The molecule has 0 heterocycles. The van der Waals surface area contributed by atoms with E-state index in [4.69, 9.17) is 16.3 Å². The first kappa shape index (κ1) is 18.2. The normalized spacial score (nSPS) is 10.1. The minimum absolute atomic E-state index is 0.142. The van der Waals surface area contributed by atoms with Crippen molar-refractivity contribution in [1.29, 1.82) is 0 Å². The van der Waals surface area contributed by atoms with Crippen LogP contribution in [0.4, 0.5) is 17.1 Å². The zero-order valence-corrected chi connectivity index (χ0v) is 12.2. The summed E-state index contributed by atoms with van der Waals surface area (Å²) in [5.74, 6) is -0.983. The van der Waals surface area contributed by atoms with Gasteiger partial charge in [0.1, 0.15) is 0 Å². The molecule has 0 saturated carbocycles. The molecule has 12 heteroatoms. The largest absolute Gasteiger partial charge is 0.462 e. The number of rotatable bonds is 8. The lowest BCUT2D eigenvalue weighted by Gasteiger charge is -2.05. The number of non-ortho nitro benzene ring substituents is 1. The Morgan fingerprint density at radius 2 is 1.52 bits per heavy atom. The molecule has 0 bridgehead atoms. The molecule has 1 aromatic rings. The first-order valence-electron chi connectivity index (χ1n) is 6.14. The third-order valence-corrected chi connectivity index (χ3v) is 2.92. The lowest BCUT2D eigenvalue weighted by molar-refractivity contribution is -0.403. The highest BCUT2D eigenvalue weighted by atomic mass is 35.5. The summed E-state index contributed by atoms with van der Waals surface area (Å²) in [5.41, 5.74) is -3.93. The molecule has 0 aliphatic rings. The quantitative estimate of drug-likeness (QED) is 0.228. The smallest absolute Gasteiger partial charge is 0.352 e. The van der Waals surface area contributed by atoms with E-state index in [0.717, 1.165) is 0 Å². The van der Waals surface area contributed by atoms with Gasteiger partial charge in [-0.2, -0.15) is 0 Å². The first-order valence-corrected chi connectivity index (χ1v) is 6.67. The van der Waals surface area contributed by atoms with Crippen LogP contribution in [0.2, 0.25) is 0 Å². The van der Waals surface area contributed by atoms with Crippen molar-refractivity contribution in [3.05, 3.63) is 48.0 Å². The van der Waals surface area contributed by atoms with Crippen molar-refractivity contribution >= 4 is 34.6 Å². The molecule has 23 heavy (non-hydrogen) atoms. The molecule has 1 rings (SSSR count). The molecule has 124 valence electrons. The fourth-order valence-corrected chi connectivity index (χ4v) is 1.82. The van der Waals surface area contributed by atoms with Crippen LogP contribution in [0.5, 0.6) is 0 Å². The number of hydrogen-bond acceptors (Lipinski definition) is 8. The number of ether oxygens (including phenoxy) is 1. The number of carbonyl (C=O) groups excluding carboxylic acids is 1. The van der Waals surface area contributed by atoms with E-state index in [1.165, 1.54) is 0 Å². The summed E-state index contributed by atoms with van der Waals surface area (Å²) in [5, 5.41) is 32.7. The van der Waals surface area contributed by atoms with Crippen LogP contribution in [0.25, 0.3) is 0 Å². The lowest BCUT2D eigenvalue weighted by atomic mass is 10.1. The molecule has 0 radical (unpaired) electrons. The molecule has 0 N–H and O–H groups in total. The Labute approximate surface area is 133 Å². The summed E-state index contributed by atoms with van der Waals surface area (Å²) in [6.07, 6.45) is 0.878. The third kappa shape index (κ3) is 4.57. The van der Waals surface area contributed by atoms with Crippen LogP contribution in [-0.4, -0.2) is 33.2 Å². The molecule has 1 aromatic carbocycles. The van der Waals surface area contributed by atoms with E-state index in [-0.39, 0.29) is 6.61 Å². The number of alkyl halides is 1. The minimum atomic E-state index is -1.30. The van der Waals surface area contributed by atoms with E-state index in [9.17, 15) is 35.1 Å². The van der Waals surface area contributed by atoms with E-state index >= 15 is 0 Å². The molecule has 0 spiro atoms. The average molecular weight is 348 g/mol. The van der Waals surface area contributed by atoms with Gasteiger partial charge in [0.25, 0.3) is 17.1 Å². The van der Waals surface area contributed by atoms with E-state index in [2.05, 4.69) is 0 Å². The van der Waals surface area contributed by atoms with Crippen molar-refractivity contribution in [3.8, 4) is 0 Å². The predicted octanol–water partition coefficient (Wildman–Crippen LogP) is 2.59. The second kappa shape index (κ2) is 7.98. The van der Waals surface area contributed by atoms with E-state index in [1.54, 1.807) is 0 Å². The average Bonchev–Trinajstić information content (AvgIpc) is 2.49. The minimum Gasteiger partial charge on any atom is -0.462 e. The molecule has 0 aromatic heterocycles. The number of nitro benzene ring substituents is 3. The zero-order valence-electron chi connectivity index (χ0n) is 11.5. The van der Waals surface area contributed by atoms with Crippen LogP contribution < -0.4 is 0 Å². The van der Waals surface area contributed by atoms with E-state index in [1.807, 2.05) is 0 Å². The summed E-state index contributed by atoms with van der Waals surface area (Å²) in [6.45, 7) is -0.142. The van der Waals surface area contributed by atoms with Crippen LogP contribution in [-0.2, 0) is 4.74 Å². The third-order valence-electron chi connectivity index (χ3n) is 2.65. The van der Waals surface area contributed by atoms with Crippen molar-refractivity contribution in [2.24, 2.45) is 0 Å². The van der Waals surface area contributed by atoms with Gasteiger partial charge in [-0.1, -0.05) is 0 Å². The monoisotopic (exact) mass is 347 g/mol. The van der Waals surface area contributed by atoms with E-state index < -0.39 is 43.4 Å². The van der Waals surface area contributed by atoms with Crippen molar-refractivity contribution in [1.82, 2.24) is 0 Å². The van der Waals surface area contributed by atoms with Gasteiger partial charge in [-0.25, -0.2) is 4.79 Å². The number of halogens is 1. The number of unbranched alkanes of at least 4 members (excludes halogenated alkanes) is 1. The Morgan fingerprint density at radius 3 is 1.91 bits per heavy atom. The molecule has 0 atom stereocenters. The second-order valence-electron chi connectivity index (χ2n) is 4.16. The Balaban J connectivity index is 3.32. The summed E-state index contributed by atoms with van der Waals surface area (Å²) in [6, 6.07) is 0.949. The Morgan fingerprint density at radius 1 is 1.00 bits per heavy atom. The highest BCUT2D eigenvalue weighted by Gasteiger charge is 2.35. The Kier molecular flexibility index (Phi) is 6.33. The topological polar surface area (TPSA) is 156 Å². The zero-order chi connectivity index (χ0) is 17.6. The van der Waals surface area contributed by atoms with Crippen molar-refractivity contribution in [3.63, 3.8) is 0 Å². The standard InChI is InChI=1S/C11H10ClN3O8/c12-3-1-2-4-23-11(16)10-8(14(19)20)5-7(13(17)18)6-9(10)15(21)22/h5-6H,1-4H2. The number of esters is 1. The van der Waals surface area contributed by atoms with Crippen molar-refractivity contribution in [2.45, 2.75) is 12.8 Å². The lowest BCUT2D eigenvalue weighted by Crippen LogP contribution is -2.12. The maximum absolute atomic E-state index is 11.9. The summed E-state index contributed by atoms with van der Waals surface area (Å²) >= 11 is 5.43. The van der Waals surface area contributed by atoms with Gasteiger partial charge in [0.2, 0.25) is 5.56 Å². The van der Waals surface area contributed by atoms with Gasteiger partial charge in [0.05, 0.1) is 33.5 Å². The molecule has 0 amide bonds. The van der Waals surface area contributed by atoms with Gasteiger partial charge in [0.15, 0.2) is 0 Å². The van der Waals surface area contributed by atoms with Crippen LogP contribution in [0, 0.1) is 30.3 Å². The molecular formula is C11H10ClN3O8. The van der Waals surface area contributed by atoms with Crippen LogP contribution in [0.1, 0.15) is 23.2 Å². The van der Waals surface area contributed by atoms with Gasteiger partial charge >= 0.3 is 5.97 Å². The number of nitro groups is 3. The fourth-order valence-electron chi connectivity index (χ4n) is 1.63. The maximum Gasteiger partial charge on any atom is 0.352 e. The molecule has 0 fully saturated rings. The fraction of sp³-hybridized carbons (Fsp3) is 0.364. The number of nitrogens with zero attached hydrogens (tertiary/aromatic N) is 3. The highest BCUT2D eigenvalue weighted by Crippen LogP contribution is 2.34. The van der Waals surface area contributed by atoms with E-state index in [0.29, 0.717) is 30.9 Å². The molecule has 0 unspecified atom stereocenters. The molecule has 0 saturated heterocycles. The Bertz CT molecular complexity index is 628. The molecular weight excluding hydrogens is 338 g/mol. The SMILES string of the molecule is O=C(OCCCCCl)c1c([N+](=O)[O-])cc([N+](=O)[O-])cc1[N+](=O)[O-]. The molecule has 0 aliphatic carbocycles. The molecule has 0 aliphatic heterocycles. The summed E-state index contributed by atoms with van der Waals surface area (Å²) in [4.78, 5) is 41.3. The van der Waals surface area contributed by atoms with Crippen LogP contribution in [0.15, 0.2) is 12.1 Å². The van der Waals surface area contributed by atoms with Crippen molar-refractivity contribution < 1.29 is 24.3 Å². The van der Waals surface area contributed by atoms with Crippen molar-refractivity contribution in [2.75, 3.05) is 12.5 Å². The van der Waals surface area contributed by atoms with Gasteiger partial charge in [-0.15, -0.1) is 11.6 Å². The number of hydrogen-bond donors (Lipinski definition) is 0. The predicted molar refractivity (Wildman–Crippen MR) is 76.6 cm³/mol. The number of benzene rings is 1. The van der Waals surface area contributed by atoms with Gasteiger partial charge in [-0.3, -0.25) is 30.3 Å². The van der Waals surface area contributed by atoms with Gasteiger partial charge in [0, 0.05) is 5.88 Å². The summed E-state index contributed by atoms with van der Waals surface area (Å²) in [7, 11) is 0. The number of carbonyl (C=O) groups is 1. The van der Waals surface area contributed by atoms with Crippen LogP contribution in [0.3, 0.4) is 0 Å². The van der Waals surface area contributed by atoms with Gasteiger partial charge in [-0.05, 0) is 12.8 Å². The summed E-state index contributed by atoms with van der Waals surface area (Å²) < 4.78 is 4.74. The maximum atomic E-state index is 11.9. The van der Waals surface area contributed by atoms with Gasteiger partial charge < -0.3 is 4.74 Å². The first-order chi connectivity index (χ1) is 10.8. The highest BCUT2D eigenvalue weighted by molar-refractivity contribution is 6.17. The van der Waals surface area contributed by atoms with Crippen LogP contribution >= 0.6 is 11.6 Å². The Hall–Kier alpha value is -2.82. The molecule has 11 nitrogen and oxygen atoms in total.